The minimum absolute atomic E-state index is 1.50. The Morgan fingerprint density at radius 2 is 1.08 bits per heavy atom. The van der Waals surface area contributed by atoms with Crippen LogP contribution in [0.2, 0.25) is 0 Å². The highest BCUT2D eigenvalue weighted by atomic mass is 17.2. The zero-order valence-electron chi connectivity index (χ0n) is 6.86. The van der Waals surface area contributed by atoms with Gasteiger partial charge in [-0.2, -0.15) is 15.3 Å². The summed E-state index contributed by atoms with van der Waals surface area (Å²) in [5.41, 5.74) is 0. The fourth-order valence-corrected chi connectivity index (χ4v) is 1.08. The van der Waals surface area contributed by atoms with Crippen molar-refractivity contribution < 1.29 is 25.1 Å². The van der Waals surface area contributed by atoms with E-state index in [9.17, 15) is 4.79 Å². The van der Waals surface area contributed by atoms with E-state index in [-0.39, 0.29) is 0 Å². The molecule has 0 aromatic carbocycles. The number of rotatable bonds is 0. The average Bonchev–Trinajstić information content (AvgIpc) is 2.20. The Labute approximate surface area is 70.8 Å². The van der Waals surface area contributed by atoms with Gasteiger partial charge in [0.25, 0.3) is 0 Å². The lowest BCUT2D eigenvalue weighted by atomic mass is 10.0. The third-order valence-electron chi connectivity index (χ3n) is 1.65. The number of carbonyl (C=O) groups excluding carboxylic acids is 1. The molecule has 5 heteroatoms. The van der Waals surface area contributed by atoms with Crippen molar-refractivity contribution in [2.24, 2.45) is 0 Å². The maximum atomic E-state index is 9.24. The zero-order chi connectivity index (χ0) is 9.23. The van der Waals surface area contributed by atoms with E-state index in [2.05, 4.69) is 9.78 Å². The number of hydrogen-bond acceptors (Lipinski definition) is 5. The number of hydrogen-bond donors (Lipinski definition) is 2. The summed E-state index contributed by atoms with van der Waals surface area (Å²) in [5.74, 6) is 0. The molecule has 0 unspecified atom stereocenters. The molecule has 0 radical (unpaired) electrons. The van der Waals surface area contributed by atoms with Gasteiger partial charge in [0.2, 0.25) is 0 Å². The van der Waals surface area contributed by atoms with E-state index in [4.69, 9.17) is 10.5 Å². The van der Waals surface area contributed by atoms with E-state index in [1.54, 1.807) is 0 Å². The molecule has 0 aliphatic heterocycles. The molecule has 0 aromatic heterocycles. The van der Waals surface area contributed by atoms with Gasteiger partial charge < -0.3 is 0 Å². The first-order chi connectivity index (χ1) is 5.81. The maximum Gasteiger partial charge on any atom is 0.572 e. The van der Waals surface area contributed by atoms with Crippen LogP contribution in [0.25, 0.3) is 0 Å². The van der Waals surface area contributed by atoms with Gasteiger partial charge in [-0.1, -0.05) is 38.5 Å². The highest BCUT2D eigenvalue weighted by Crippen LogP contribution is 2.15. The van der Waals surface area contributed by atoms with E-state index in [0.29, 0.717) is 0 Å². The molecule has 0 heterocycles. The summed E-state index contributed by atoms with van der Waals surface area (Å²) < 4.78 is 0. The summed E-state index contributed by atoms with van der Waals surface area (Å²) in [4.78, 5) is 14.8. The van der Waals surface area contributed by atoms with Gasteiger partial charge in [-0.3, -0.25) is 9.78 Å². The highest BCUT2D eigenvalue weighted by Gasteiger charge is 1.96. The Bertz CT molecular complexity index is 92.9. The van der Waals surface area contributed by atoms with E-state index in [1.165, 1.54) is 38.5 Å². The summed E-state index contributed by atoms with van der Waals surface area (Å²) in [6.07, 6.45) is 7.45. The monoisotopic (exact) mass is 178 g/mol. The molecule has 1 saturated carbocycles. The molecule has 0 aromatic rings. The summed E-state index contributed by atoms with van der Waals surface area (Å²) in [5, 5.41) is 14.4. The Morgan fingerprint density at radius 3 is 1.17 bits per heavy atom. The molecule has 12 heavy (non-hydrogen) atoms. The lowest BCUT2D eigenvalue weighted by Gasteiger charge is -2.05. The fraction of sp³-hybridized carbons (Fsp3) is 0.857. The number of carbonyl (C=O) groups is 1. The van der Waals surface area contributed by atoms with Gasteiger partial charge in [0.05, 0.1) is 0 Å². The normalized spacial score (nSPS) is 15.5. The van der Waals surface area contributed by atoms with Crippen LogP contribution in [0, 0.1) is 0 Å². The van der Waals surface area contributed by atoms with Crippen molar-refractivity contribution in [1.82, 2.24) is 0 Å². The largest absolute Gasteiger partial charge is 0.572 e. The SMILES string of the molecule is C1CCCCC1.O=C(OO)OO. The molecule has 1 rings (SSSR count). The lowest BCUT2D eigenvalue weighted by Crippen LogP contribution is -1.99. The average molecular weight is 178 g/mol. The molecular weight excluding hydrogens is 164 g/mol. The second-order valence-electron chi connectivity index (χ2n) is 2.55. The molecule has 1 aliphatic rings. The van der Waals surface area contributed by atoms with Gasteiger partial charge >= 0.3 is 6.16 Å². The zero-order valence-corrected chi connectivity index (χ0v) is 6.86. The van der Waals surface area contributed by atoms with Crippen LogP contribution in [-0.2, 0) is 9.78 Å². The maximum absolute atomic E-state index is 9.24. The third kappa shape index (κ3) is 7.30. The van der Waals surface area contributed by atoms with E-state index in [1.807, 2.05) is 0 Å². The van der Waals surface area contributed by atoms with E-state index in [0.717, 1.165) is 0 Å². The topological polar surface area (TPSA) is 76.0 Å². The van der Waals surface area contributed by atoms with Crippen LogP contribution in [0.4, 0.5) is 4.79 Å². The Morgan fingerprint density at radius 1 is 0.833 bits per heavy atom. The molecule has 0 bridgehead atoms. The van der Waals surface area contributed by atoms with Gasteiger partial charge in [0.15, 0.2) is 0 Å². The van der Waals surface area contributed by atoms with Crippen LogP contribution in [0.1, 0.15) is 38.5 Å². The minimum atomic E-state index is -1.55. The molecule has 0 atom stereocenters. The minimum Gasteiger partial charge on any atom is -0.260 e. The third-order valence-corrected chi connectivity index (χ3v) is 1.65. The van der Waals surface area contributed by atoms with Crippen LogP contribution in [0.3, 0.4) is 0 Å². The van der Waals surface area contributed by atoms with Gasteiger partial charge in [0, 0.05) is 0 Å². The first-order valence-corrected chi connectivity index (χ1v) is 3.98. The molecule has 72 valence electrons. The van der Waals surface area contributed by atoms with Gasteiger partial charge in [-0.15, -0.1) is 0 Å². The van der Waals surface area contributed by atoms with Gasteiger partial charge in [0.1, 0.15) is 0 Å². The van der Waals surface area contributed by atoms with Crippen molar-refractivity contribution in [1.29, 1.82) is 0 Å². The van der Waals surface area contributed by atoms with Crippen molar-refractivity contribution in [3.8, 4) is 0 Å². The predicted octanol–water partition coefficient (Wildman–Crippen LogP) is 2.43. The molecule has 5 nitrogen and oxygen atoms in total. The molecule has 0 saturated heterocycles. The van der Waals surface area contributed by atoms with Crippen LogP contribution >= 0.6 is 0 Å². The first-order valence-electron chi connectivity index (χ1n) is 3.98. The summed E-state index contributed by atoms with van der Waals surface area (Å²) in [7, 11) is 0. The molecule has 0 spiro atoms. The molecule has 1 fully saturated rings. The summed E-state index contributed by atoms with van der Waals surface area (Å²) >= 11 is 0. The van der Waals surface area contributed by atoms with Crippen molar-refractivity contribution >= 4 is 6.16 Å². The van der Waals surface area contributed by atoms with Gasteiger partial charge in [-0.05, 0) is 0 Å². The molecule has 0 amide bonds. The molecule has 2 N–H and O–H groups in total. The van der Waals surface area contributed by atoms with Crippen molar-refractivity contribution in [3.63, 3.8) is 0 Å². The lowest BCUT2D eigenvalue weighted by molar-refractivity contribution is -0.270. The Kier molecular flexibility index (Phi) is 7.73. The Balaban J connectivity index is 0.000000202. The Hall–Kier alpha value is -0.810. The smallest absolute Gasteiger partial charge is 0.260 e. The summed E-state index contributed by atoms with van der Waals surface area (Å²) in [6.45, 7) is 0. The van der Waals surface area contributed by atoms with Crippen LogP contribution in [0.5, 0.6) is 0 Å². The van der Waals surface area contributed by atoms with Crippen molar-refractivity contribution in [2.45, 2.75) is 38.5 Å². The van der Waals surface area contributed by atoms with Crippen molar-refractivity contribution in [3.05, 3.63) is 0 Å². The first kappa shape index (κ1) is 11.2. The van der Waals surface area contributed by atoms with E-state index >= 15 is 0 Å². The van der Waals surface area contributed by atoms with Crippen LogP contribution in [-0.4, -0.2) is 16.7 Å². The predicted molar refractivity (Wildman–Crippen MR) is 40.5 cm³/mol. The standard InChI is InChI=1S/C6H12.CH2O5/c1-2-4-6-5-3-1;2-1(5-3)6-4/h1-6H2;3-4H. The second kappa shape index (κ2) is 8.29. The quantitative estimate of drug-likeness (QED) is 0.440. The summed E-state index contributed by atoms with van der Waals surface area (Å²) in [6, 6.07) is 0. The molecule has 1 aliphatic carbocycles. The van der Waals surface area contributed by atoms with Crippen LogP contribution in [0.15, 0.2) is 0 Å². The second-order valence-corrected chi connectivity index (χ2v) is 2.55. The van der Waals surface area contributed by atoms with Gasteiger partial charge in [-0.25, -0.2) is 0 Å². The van der Waals surface area contributed by atoms with Crippen molar-refractivity contribution in [2.75, 3.05) is 0 Å². The molecular formula is C7H14O5. The fourth-order valence-electron chi connectivity index (χ4n) is 1.08. The highest BCUT2D eigenvalue weighted by molar-refractivity contribution is 5.57. The van der Waals surface area contributed by atoms with Crippen LogP contribution < -0.4 is 0 Å². The van der Waals surface area contributed by atoms with E-state index < -0.39 is 6.16 Å².